The van der Waals surface area contributed by atoms with Crippen LogP contribution >= 0.6 is 0 Å². The van der Waals surface area contributed by atoms with E-state index in [2.05, 4.69) is 30.2 Å². The molecule has 1 amide bonds. The summed E-state index contributed by atoms with van der Waals surface area (Å²) in [6.07, 6.45) is 5.34. The summed E-state index contributed by atoms with van der Waals surface area (Å²) in [6.45, 7) is 7.01. The van der Waals surface area contributed by atoms with Crippen LogP contribution in [0, 0.1) is 19.3 Å². The summed E-state index contributed by atoms with van der Waals surface area (Å²) in [7, 11) is 1.73. The zero-order valence-corrected chi connectivity index (χ0v) is 16.1. The van der Waals surface area contributed by atoms with Crippen molar-refractivity contribution in [2.24, 2.45) is 5.41 Å². The van der Waals surface area contributed by atoms with Gasteiger partial charge in [0.2, 0.25) is 11.9 Å². The van der Waals surface area contributed by atoms with Crippen molar-refractivity contribution in [3.05, 3.63) is 35.5 Å². The molecule has 4 heterocycles. The molecule has 0 unspecified atom stereocenters. The lowest BCUT2D eigenvalue weighted by Gasteiger charge is -2.44. The summed E-state index contributed by atoms with van der Waals surface area (Å²) in [5.74, 6) is 1.66. The number of hydrogen-bond donors (Lipinski definition) is 1. The first-order valence-electron chi connectivity index (χ1n) is 9.45. The fourth-order valence-corrected chi connectivity index (χ4v) is 4.69. The van der Waals surface area contributed by atoms with Crippen molar-refractivity contribution in [1.82, 2.24) is 25.3 Å². The first-order valence-corrected chi connectivity index (χ1v) is 9.45. The minimum atomic E-state index is -0.453. The fourth-order valence-electron chi connectivity index (χ4n) is 4.69. The van der Waals surface area contributed by atoms with Crippen LogP contribution in [0.3, 0.4) is 0 Å². The number of likely N-dealkylation sites (tertiary alicyclic amines) is 1. The molecule has 27 heavy (non-hydrogen) atoms. The molecule has 8 nitrogen and oxygen atoms in total. The van der Waals surface area contributed by atoms with Gasteiger partial charge in [-0.2, -0.15) is 0 Å². The van der Waals surface area contributed by atoms with Gasteiger partial charge in [0.1, 0.15) is 5.76 Å². The molecule has 4 rings (SSSR count). The highest BCUT2D eigenvalue weighted by molar-refractivity contribution is 5.85. The van der Waals surface area contributed by atoms with E-state index in [0.717, 1.165) is 49.5 Å². The van der Waals surface area contributed by atoms with Crippen molar-refractivity contribution in [2.75, 3.05) is 31.6 Å². The number of anilines is 1. The van der Waals surface area contributed by atoms with Gasteiger partial charge in [0.25, 0.3) is 0 Å². The van der Waals surface area contributed by atoms with Crippen molar-refractivity contribution in [2.45, 2.75) is 39.3 Å². The molecule has 2 saturated heterocycles. The maximum absolute atomic E-state index is 13.0. The standard InChI is InChI=1S/C19H26N6O2/c1-13-15(14(2)27-23-13)10-24-11-16-19(12-24,17(26)20-3)6-4-9-25(16)18-21-7-5-8-22-18/h5,7-8,16H,4,6,9-12H2,1-3H3,(H,20,26)/t16-,19-/m1/s1. The third-order valence-corrected chi connectivity index (χ3v) is 6.02. The second-order valence-electron chi connectivity index (χ2n) is 7.57. The Hall–Kier alpha value is -2.48. The Kier molecular flexibility index (Phi) is 4.59. The number of aromatic nitrogens is 3. The van der Waals surface area contributed by atoms with Crippen LogP contribution in [-0.2, 0) is 11.3 Å². The van der Waals surface area contributed by atoms with Crippen LogP contribution in [0.2, 0.25) is 0 Å². The minimum Gasteiger partial charge on any atom is -0.361 e. The Morgan fingerprint density at radius 2 is 2.15 bits per heavy atom. The number of aryl methyl sites for hydroxylation is 2. The van der Waals surface area contributed by atoms with Crippen molar-refractivity contribution < 1.29 is 9.32 Å². The Bertz CT molecular complexity index is 803. The topological polar surface area (TPSA) is 87.4 Å². The van der Waals surface area contributed by atoms with Crippen LogP contribution in [0.25, 0.3) is 0 Å². The van der Waals surface area contributed by atoms with E-state index in [4.69, 9.17) is 4.52 Å². The van der Waals surface area contributed by atoms with Crippen molar-refractivity contribution in [3.8, 4) is 0 Å². The summed E-state index contributed by atoms with van der Waals surface area (Å²) in [5, 5.41) is 6.98. The average molecular weight is 370 g/mol. The predicted molar refractivity (Wildman–Crippen MR) is 100 cm³/mol. The van der Waals surface area contributed by atoms with Crippen LogP contribution in [0.4, 0.5) is 5.95 Å². The highest BCUT2D eigenvalue weighted by Crippen LogP contribution is 2.43. The maximum atomic E-state index is 13.0. The van der Waals surface area contributed by atoms with E-state index in [1.165, 1.54) is 0 Å². The largest absolute Gasteiger partial charge is 0.361 e. The van der Waals surface area contributed by atoms with Crippen molar-refractivity contribution in [3.63, 3.8) is 0 Å². The van der Waals surface area contributed by atoms with Gasteiger partial charge >= 0.3 is 0 Å². The summed E-state index contributed by atoms with van der Waals surface area (Å²) in [5.41, 5.74) is 1.58. The molecule has 0 saturated carbocycles. The first kappa shape index (κ1) is 17.9. The van der Waals surface area contributed by atoms with Crippen LogP contribution in [0.5, 0.6) is 0 Å². The summed E-state index contributed by atoms with van der Waals surface area (Å²) in [6, 6.07) is 1.87. The fraction of sp³-hybridized carbons (Fsp3) is 0.579. The molecule has 0 radical (unpaired) electrons. The molecule has 1 N–H and O–H groups in total. The van der Waals surface area contributed by atoms with E-state index in [-0.39, 0.29) is 11.9 Å². The molecule has 2 fully saturated rings. The van der Waals surface area contributed by atoms with Crippen LogP contribution < -0.4 is 10.2 Å². The second kappa shape index (κ2) is 6.92. The number of piperidine rings is 1. The molecule has 2 aromatic heterocycles. The molecule has 2 aromatic rings. The van der Waals surface area contributed by atoms with E-state index >= 15 is 0 Å². The lowest BCUT2D eigenvalue weighted by atomic mass is 9.74. The molecule has 144 valence electrons. The van der Waals surface area contributed by atoms with Crippen LogP contribution in [-0.4, -0.2) is 58.7 Å². The van der Waals surface area contributed by atoms with Gasteiger partial charge in [-0.3, -0.25) is 9.69 Å². The molecule has 0 spiro atoms. The molecule has 0 bridgehead atoms. The lowest BCUT2D eigenvalue weighted by molar-refractivity contribution is -0.131. The third kappa shape index (κ3) is 2.97. The molecule has 8 heteroatoms. The Morgan fingerprint density at radius 1 is 1.37 bits per heavy atom. The lowest BCUT2D eigenvalue weighted by Crippen LogP contribution is -2.58. The number of nitrogens with one attached hydrogen (secondary N) is 1. The third-order valence-electron chi connectivity index (χ3n) is 6.02. The molecule has 2 atom stereocenters. The molecule has 0 aliphatic carbocycles. The molecule has 2 aliphatic rings. The van der Waals surface area contributed by atoms with E-state index in [1.807, 2.05) is 19.9 Å². The number of hydrogen-bond acceptors (Lipinski definition) is 7. The zero-order valence-electron chi connectivity index (χ0n) is 16.1. The van der Waals surface area contributed by atoms with E-state index in [0.29, 0.717) is 12.5 Å². The van der Waals surface area contributed by atoms with Crippen molar-refractivity contribution in [1.29, 1.82) is 0 Å². The number of rotatable bonds is 4. The zero-order chi connectivity index (χ0) is 19.0. The molecule has 0 aromatic carbocycles. The quantitative estimate of drug-likeness (QED) is 0.868. The number of carbonyl (C=O) groups is 1. The average Bonchev–Trinajstić information content (AvgIpc) is 3.23. The van der Waals surface area contributed by atoms with Gasteiger partial charge in [-0.05, 0) is 32.8 Å². The van der Waals surface area contributed by atoms with E-state index in [9.17, 15) is 4.79 Å². The van der Waals surface area contributed by atoms with Gasteiger partial charge in [0.05, 0.1) is 17.2 Å². The molecular formula is C19H26N6O2. The summed E-state index contributed by atoms with van der Waals surface area (Å²) < 4.78 is 5.32. The monoisotopic (exact) mass is 370 g/mol. The predicted octanol–water partition coefficient (Wildman–Crippen LogP) is 1.30. The number of fused-ring (bicyclic) bond motifs is 1. The minimum absolute atomic E-state index is 0.0501. The van der Waals surface area contributed by atoms with Crippen LogP contribution in [0.15, 0.2) is 23.0 Å². The van der Waals surface area contributed by atoms with Gasteiger partial charge < -0.3 is 14.7 Å². The van der Waals surface area contributed by atoms with Crippen molar-refractivity contribution >= 4 is 11.9 Å². The van der Waals surface area contributed by atoms with Crippen LogP contribution in [0.1, 0.15) is 29.9 Å². The Labute approximate surface area is 158 Å². The van der Waals surface area contributed by atoms with E-state index in [1.54, 1.807) is 19.4 Å². The normalized spacial score (nSPS) is 25.4. The summed E-state index contributed by atoms with van der Waals surface area (Å²) >= 11 is 0. The highest BCUT2D eigenvalue weighted by atomic mass is 16.5. The second-order valence-corrected chi connectivity index (χ2v) is 7.57. The van der Waals surface area contributed by atoms with Gasteiger partial charge in [-0.15, -0.1) is 0 Å². The van der Waals surface area contributed by atoms with Gasteiger partial charge in [-0.25, -0.2) is 9.97 Å². The first-order chi connectivity index (χ1) is 13.0. The maximum Gasteiger partial charge on any atom is 0.229 e. The summed E-state index contributed by atoms with van der Waals surface area (Å²) in [4.78, 5) is 26.4. The van der Waals surface area contributed by atoms with Gasteiger partial charge in [0.15, 0.2) is 0 Å². The van der Waals surface area contributed by atoms with Gasteiger partial charge in [-0.1, -0.05) is 5.16 Å². The van der Waals surface area contributed by atoms with E-state index < -0.39 is 5.41 Å². The SMILES string of the molecule is CNC(=O)[C@@]12CCCN(c3ncccn3)[C@@H]1CN(Cc1c(C)noc1C)C2. The number of nitrogens with zero attached hydrogens (tertiary/aromatic N) is 5. The highest BCUT2D eigenvalue weighted by Gasteiger charge is 2.56. The number of amides is 1. The smallest absolute Gasteiger partial charge is 0.229 e. The number of carbonyl (C=O) groups excluding carboxylic acids is 1. The van der Waals surface area contributed by atoms with Gasteiger partial charge in [0, 0.05) is 51.2 Å². The molecular weight excluding hydrogens is 344 g/mol. The molecule has 2 aliphatic heterocycles. The Morgan fingerprint density at radius 3 is 2.81 bits per heavy atom. The Balaban J connectivity index is 1.66.